The topological polar surface area (TPSA) is 78.4 Å². The van der Waals surface area contributed by atoms with Crippen molar-refractivity contribution in [1.82, 2.24) is 5.48 Å². The molecule has 3 saturated heterocycles. The van der Waals surface area contributed by atoms with Gasteiger partial charge in [0.15, 0.2) is 17.9 Å². The van der Waals surface area contributed by atoms with Crippen molar-refractivity contribution < 1.29 is 28.9 Å². The average molecular weight is 275 g/mol. The highest BCUT2D eigenvalue weighted by molar-refractivity contribution is 5.00. The van der Waals surface area contributed by atoms with E-state index >= 15 is 0 Å². The van der Waals surface area contributed by atoms with E-state index in [0.717, 1.165) is 0 Å². The Morgan fingerprint density at radius 1 is 0.895 bits per heavy atom. The molecule has 3 heterocycles. The van der Waals surface area contributed by atoms with Crippen LogP contribution in [0.15, 0.2) is 0 Å². The molecule has 7 heteroatoms. The first-order valence-corrected chi connectivity index (χ1v) is 6.55. The Bertz CT molecular complexity index is 360. The first-order chi connectivity index (χ1) is 8.81. The molecule has 0 aromatic rings. The molecular weight excluding hydrogens is 254 g/mol. The highest BCUT2D eigenvalue weighted by atomic mass is 16.9. The standard InChI is InChI=1S/C12H21NO6/c1-11(2)16-7-6(5-13-14)15-10-9(8(7)17-11)18-12(3,4)19-10/h6-10,13-14H,5H2,1-4H3/t6-,7+,8+,9-,10-/m1/s1. The minimum Gasteiger partial charge on any atom is -0.342 e. The molecule has 0 aromatic carbocycles. The zero-order valence-electron chi connectivity index (χ0n) is 11.6. The SMILES string of the molecule is CC1(C)O[C@H]2[C@@H](O1)[C@@H](CNO)O[C@@H]1OC(C)(C)O[C@@H]12. The molecule has 0 bridgehead atoms. The Kier molecular flexibility index (Phi) is 3.14. The summed E-state index contributed by atoms with van der Waals surface area (Å²) in [7, 11) is 0. The molecule has 3 aliphatic rings. The van der Waals surface area contributed by atoms with Crippen molar-refractivity contribution in [2.24, 2.45) is 0 Å². The Hall–Kier alpha value is -0.280. The fraction of sp³-hybridized carbons (Fsp3) is 1.00. The quantitative estimate of drug-likeness (QED) is 0.704. The van der Waals surface area contributed by atoms with Crippen LogP contribution in [0.4, 0.5) is 0 Å². The van der Waals surface area contributed by atoms with Crippen molar-refractivity contribution in [3.8, 4) is 0 Å². The summed E-state index contributed by atoms with van der Waals surface area (Å²) < 4.78 is 29.2. The Morgan fingerprint density at radius 2 is 1.47 bits per heavy atom. The highest BCUT2D eigenvalue weighted by Gasteiger charge is 2.60. The van der Waals surface area contributed by atoms with Crippen molar-refractivity contribution in [3.63, 3.8) is 0 Å². The highest BCUT2D eigenvalue weighted by Crippen LogP contribution is 2.43. The van der Waals surface area contributed by atoms with Gasteiger partial charge < -0.3 is 28.9 Å². The van der Waals surface area contributed by atoms with Crippen LogP contribution in [-0.2, 0) is 23.7 Å². The largest absolute Gasteiger partial charge is 0.342 e. The maximum Gasteiger partial charge on any atom is 0.190 e. The molecule has 0 aromatic heterocycles. The summed E-state index contributed by atoms with van der Waals surface area (Å²) >= 11 is 0. The summed E-state index contributed by atoms with van der Waals surface area (Å²) in [5.74, 6) is -1.41. The molecule has 110 valence electrons. The molecule has 0 spiro atoms. The van der Waals surface area contributed by atoms with Crippen molar-refractivity contribution in [3.05, 3.63) is 0 Å². The van der Waals surface area contributed by atoms with Crippen LogP contribution in [0.25, 0.3) is 0 Å². The number of nitrogens with one attached hydrogen (secondary N) is 1. The van der Waals surface area contributed by atoms with Gasteiger partial charge in [0.1, 0.15) is 24.4 Å². The number of ether oxygens (including phenoxy) is 5. The van der Waals surface area contributed by atoms with Crippen LogP contribution in [-0.4, -0.2) is 54.0 Å². The van der Waals surface area contributed by atoms with E-state index in [0.29, 0.717) is 0 Å². The number of hydrogen-bond donors (Lipinski definition) is 2. The molecule has 7 nitrogen and oxygen atoms in total. The fourth-order valence-electron chi connectivity index (χ4n) is 2.95. The van der Waals surface area contributed by atoms with E-state index in [1.54, 1.807) is 0 Å². The second-order valence-electron chi connectivity index (χ2n) is 6.07. The van der Waals surface area contributed by atoms with Crippen LogP contribution >= 0.6 is 0 Å². The van der Waals surface area contributed by atoms with Crippen LogP contribution < -0.4 is 5.48 Å². The van der Waals surface area contributed by atoms with Gasteiger partial charge in [-0.25, -0.2) is 5.48 Å². The van der Waals surface area contributed by atoms with E-state index in [-0.39, 0.29) is 31.0 Å². The van der Waals surface area contributed by atoms with Crippen LogP contribution in [0.2, 0.25) is 0 Å². The molecule has 0 aliphatic carbocycles. The monoisotopic (exact) mass is 275 g/mol. The van der Waals surface area contributed by atoms with Crippen molar-refractivity contribution in [2.45, 2.75) is 70.0 Å². The van der Waals surface area contributed by atoms with Crippen molar-refractivity contribution in [1.29, 1.82) is 0 Å². The molecule has 0 radical (unpaired) electrons. The third kappa shape index (κ3) is 2.40. The molecule has 0 unspecified atom stereocenters. The molecule has 2 N–H and O–H groups in total. The third-order valence-electron chi connectivity index (χ3n) is 3.54. The van der Waals surface area contributed by atoms with Gasteiger partial charge in [-0.15, -0.1) is 0 Å². The predicted molar refractivity (Wildman–Crippen MR) is 62.3 cm³/mol. The van der Waals surface area contributed by atoms with Crippen LogP contribution in [0.5, 0.6) is 0 Å². The molecule has 5 atom stereocenters. The van der Waals surface area contributed by atoms with Crippen LogP contribution in [0.1, 0.15) is 27.7 Å². The molecule has 3 fully saturated rings. The molecule has 3 rings (SSSR count). The normalized spacial score (nSPS) is 46.9. The summed E-state index contributed by atoms with van der Waals surface area (Å²) in [4.78, 5) is 0. The maximum absolute atomic E-state index is 8.91. The first kappa shape index (κ1) is 13.7. The van der Waals surface area contributed by atoms with Gasteiger partial charge in [-0.05, 0) is 27.7 Å². The molecule has 0 amide bonds. The second kappa shape index (κ2) is 4.36. The van der Waals surface area contributed by atoms with E-state index < -0.39 is 17.9 Å². The van der Waals surface area contributed by atoms with Crippen molar-refractivity contribution >= 4 is 0 Å². The van der Waals surface area contributed by atoms with Gasteiger partial charge in [-0.1, -0.05) is 0 Å². The van der Waals surface area contributed by atoms with Crippen molar-refractivity contribution in [2.75, 3.05) is 6.54 Å². The molecule has 3 aliphatic heterocycles. The summed E-state index contributed by atoms with van der Waals surface area (Å²) in [5, 5.41) is 8.91. The summed E-state index contributed by atoms with van der Waals surface area (Å²) in [6.45, 7) is 7.62. The molecular formula is C12H21NO6. The Labute approximate surface area is 112 Å². The molecule has 0 saturated carbocycles. The van der Waals surface area contributed by atoms with Gasteiger partial charge in [0.2, 0.25) is 0 Å². The maximum atomic E-state index is 8.91. The van der Waals surface area contributed by atoms with Gasteiger partial charge in [0, 0.05) is 6.54 Å². The minimum atomic E-state index is -0.711. The lowest BCUT2D eigenvalue weighted by molar-refractivity contribution is -0.235. The Balaban J connectivity index is 1.84. The van der Waals surface area contributed by atoms with Gasteiger partial charge in [-0.3, -0.25) is 0 Å². The number of hydroxylamine groups is 1. The number of rotatable bonds is 2. The van der Waals surface area contributed by atoms with Gasteiger partial charge >= 0.3 is 0 Å². The van der Waals surface area contributed by atoms with E-state index in [2.05, 4.69) is 5.48 Å². The second-order valence-corrected chi connectivity index (χ2v) is 6.07. The van der Waals surface area contributed by atoms with Gasteiger partial charge in [-0.2, -0.15) is 0 Å². The zero-order valence-corrected chi connectivity index (χ0v) is 11.6. The smallest absolute Gasteiger partial charge is 0.190 e. The Morgan fingerprint density at radius 3 is 2.16 bits per heavy atom. The van der Waals surface area contributed by atoms with E-state index in [1.807, 2.05) is 27.7 Å². The van der Waals surface area contributed by atoms with Gasteiger partial charge in [0.25, 0.3) is 0 Å². The van der Waals surface area contributed by atoms with Crippen LogP contribution in [0, 0.1) is 0 Å². The first-order valence-electron chi connectivity index (χ1n) is 6.55. The average Bonchev–Trinajstić information content (AvgIpc) is 2.74. The zero-order chi connectivity index (χ0) is 13.8. The summed E-state index contributed by atoms with van der Waals surface area (Å²) in [6.07, 6.45) is -1.75. The lowest BCUT2D eigenvalue weighted by Crippen LogP contribution is -2.57. The van der Waals surface area contributed by atoms with Crippen LogP contribution in [0.3, 0.4) is 0 Å². The lowest BCUT2D eigenvalue weighted by atomic mass is 9.99. The minimum absolute atomic E-state index is 0.244. The summed E-state index contributed by atoms with van der Waals surface area (Å²) in [6, 6.07) is 0. The van der Waals surface area contributed by atoms with E-state index in [9.17, 15) is 0 Å². The molecule has 19 heavy (non-hydrogen) atoms. The van der Waals surface area contributed by atoms with E-state index in [1.165, 1.54) is 0 Å². The fourth-order valence-corrected chi connectivity index (χ4v) is 2.95. The number of fused-ring (bicyclic) bond motifs is 3. The van der Waals surface area contributed by atoms with Gasteiger partial charge in [0.05, 0.1) is 0 Å². The number of hydrogen-bond acceptors (Lipinski definition) is 7. The third-order valence-corrected chi connectivity index (χ3v) is 3.54. The predicted octanol–water partition coefficient (Wildman–Crippen LogP) is 0.362. The van der Waals surface area contributed by atoms with E-state index in [4.69, 9.17) is 28.9 Å². The summed E-state index contributed by atoms with van der Waals surface area (Å²) in [5.41, 5.74) is 2.12. The lowest BCUT2D eigenvalue weighted by Gasteiger charge is -2.36.